The topological polar surface area (TPSA) is 104 Å². The summed E-state index contributed by atoms with van der Waals surface area (Å²) in [7, 11) is 3.06. The molecule has 198 valence electrons. The van der Waals surface area contributed by atoms with Crippen molar-refractivity contribution in [3.05, 3.63) is 58.2 Å². The van der Waals surface area contributed by atoms with E-state index >= 15 is 0 Å². The normalized spacial score (nSPS) is 17.5. The number of hydrogen-bond donors (Lipinski definition) is 3. The van der Waals surface area contributed by atoms with Gasteiger partial charge in [-0.3, -0.25) is 9.89 Å². The van der Waals surface area contributed by atoms with Crippen molar-refractivity contribution in [2.45, 2.75) is 25.9 Å². The van der Waals surface area contributed by atoms with Gasteiger partial charge in [-0.15, -0.1) is 0 Å². The summed E-state index contributed by atoms with van der Waals surface area (Å²) in [4.78, 5) is 19.7. The molecule has 1 fully saturated rings. The number of carbonyl (C=O) groups is 1. The van der Waals surface area contributed by atoms with Crippen LogP contribution in [0.5, 0.6) is 11.5 Å². The van der Waals surface area contributed by atoms with Gasteiger partial charge in [0, 0.05) is 48.4 Å². The van der Waals surface area contributed by atoms with E-state index in [1.54, 1.807) is 18.3 Å². The van der Waals surface area contributed by atoms with Crippen molar-refractivity contribution >= 4 is 51.6 Å². The number of amides is 1. The highest BCUT2D eigenvalue weighted by Crippen LogP contribution is 2.46. The molecule has 5 rings (SSSR count). The molecule has 4 aromatic rings. The number of nitrogens with zero attached hydrogens (tertiary/aromatic N) is 3. The molecular formula is C27H28Cl2N6O3. The molecule has 0 radical (unpaired) electrons. The highest BCUT2D eigenvalue weighted by molar-refractivity contribution is 6.41. The summed E-state index contributed by atoms with van der Waals surface area (Å²) in [6.07, 6.45) is 1.59. The maximum absolute atomic E-state index is 13.0. The van der Waals surface area contributed by atoms with Gasteiger partial charge in [0.05, 0.1) is 35.3 Å². The van der Waals surface area contributed by atoms with Crippen LogP contribution in [0.3, 0.4) is 0 Å². The quantitative estimate of drug-likeness (QED) is 0.293. The first-order chi connectivity index (χ1) is 18.3. The van der Waals surface area contributed by atoms with E-state index in [1.165, 1.54) is 14.2 Å². The largest absolute Gasteiger partial charge is 0.495 e. The number of H-pyrrole nitrogens is 1. The van der Waals surface area contributed by atoms with Gasteiger partial charge in [-0.25, -0.2) is 4.98 Å². The highest BCUT2D eigenvalue weighted by atomic mass is 35.5. The SMILES string of the molecule is COc1cc(OC)c(Cl)c(-c2ccc3c(NC(=O)c4ccc(N5C[C@@H](C)N[C@@H](C)C5)nc4)n[nH]c3c2)c1Cl. The number of anilines is 2. The fourth-order valence-electron chi connectivity index (χ4n) is 4.81. The van der Waals surface area contributed by atoms with Crippen molar-refractivity contribution in [3.8, 4) is 22.6 Å². The van der Waals surface area contributed by atoms with Crippen LogP contribution in [0.2, 0.25) is 10.0 Å². The molecule has 2 aromatic heterocycles. The zero-order valence-electron chi connectivity index (χ0n) is 21.4. The lowest BCUT2D eigenvalue weighted by atomic mass is 10.0. The van der Waals surface area contributed by atoms with Crippen LogP contribution >= 0.6 is 23.2 Å². The standard InChI is InChI=1S/C27H28Cl2N6O3/c1-14-12-35(13-15(2)31-14)22-8-6-17(11-30-22)27(36)32-26-18-7-5-16(9-19(18)33-34-26)23-24(28)20(37-3)10-21(38-4)25(23)29/h5-11,14-15,31H,12-13H2,1-4H3,(H2,32,33,34,36)/t14-,15+. The summed E-state index contributed by atoms with van der Waals surface area (Å²) >= 11 is 13.2. The minimum atomic E-state index is -0.299. The van der Waals surface area contributed by atoms with Crippen LogP contribution in [-0.2, 0) is 0 Å². The monoisotopic (exact) mass is 554 g/mol. The van der Waals surface area contributed by atoms with E-state index in [-0.39, 0.29) is 5.91 Å². The summed E-state index contributed by atoms with van der Waals surface area (Å²) in [5, 5.41) is 15.1. The number of piperazine rings is 1. The van der Waals surface area contributed by atoms with Crippen LogP contribution in [0, 0.1) is 0 Å². The number of ether oxygens (including phenoxy) is 2. The predicted octanol–water partition coefficient (Wildman–Crippen LogP) is 5.39. The van der Waals surface area contributed by atoms with Gasteiger partial charge in [0.25, 0.3) is 5.91 Å². The van der Waals surface area contributed by atoms with Crippen molar-refractivity contribution in [2.75, 3.05) is 37.5 Å². The van der Waals surface area contributed by atoms with Crippen LogP contribution in [0.4, 0.5) is 11.6 Å². The van der Waals surface area contributed by atoms with Crippen LogP contribution < -0.4 is 25.0 Å². The second-order valence-corrected chi connectivity index (χ2v) is 10.1. The number of hydrogen-bond acceptors (Lipinski definition) is 7. The lowest BCUT2D eigenvalue weighted by molar-refractivity contribution is 0.102. The third kappa shape index (κ3) is 4.97. The minimum Gasteiger partial charge on any atom is -0.495 e. The Bertz CT molecular complexity index is 1450. The Morgan fingerprint density at radius 3 is 2.32 bits per heavy atom. The molecule has 0 aliphatic carbocycles. The fraction of sp³-hybridized carbons (Fsp3) is 0.296. The summed E-state index contributed by atoms with van der Waals surface area (Å²) in [5.74, 6) is 1.85. The zero-order valence-corrected chi connectivity index (χ0v) is 22.9. The molecule has 38 heavy (non-hydrogen) atoms. The average Bonchev–Trinajstić information content (AvgIpc) is 3.30. The molecule has 1 amide bonds. The van der Waals surface area contributed by atoms with Crippen molar-refractivity contribution in [1.82, 2.24) is 20.5 Å². The number of pyridine rings is 1. The minimum absolute atomic E-state index is 0.299. The first-order valence-corrected chi connectivity index (χ1v) is 12.9. The number of methoxy groups -OCH3 is 2. The Hall–Kier alpha value is -3.53. The van der Waals surface area contributed by atoms with E-state index in [4.69, 9.17) is 32.7 Å². The number of aromatic amines is 1. The Balaban J connectivity index is 1.37. The predicted molar refractivity (Wildman–Crippen MR) is 151 cm³/mol. The summed E-state index contributed by atoms with van der Waals surface area (Å²) < 4.78 is 10.8. The number of rotatable bonds is 6. The van der Waals surface area contributed by atoms with E-state index in [9.17, 15) is 4.79 Å². The Labute approximate surface area is 230 Å². The summed E-state index contributed by atoms with van der Waals surface area (Å²) in [5.41, 5.74) is 2.45. The number of carbonyl (C=O) groups excluding carboxylic acids is 1. The van der Waals surface area contributed by atoms with Crippen molar-refractivity contribution in [3.63, 3.8) is 0 Å². The van der Waals surface area contributed by atoms with E-state index < -0.39 is 0 Å². The van der Waals surface area contributed by atoms with Gasteiger partial charge in [-0.05, 0) is 43.7 Å². The zero-order chi connectivity index (χ0) is 27.0. The van der Waals surface area contributed by atoms with Crippen molar-refractivity contribution < 1.29 is 14.3 Å². The first-order valence-electron chi connectivity index (χ1n) is 12.2. The number of fused-ring (bicyclic) bond motifs is 1. The Kier molecular flexibility index (Phi) is 7.34. The lowest BCUT2D eigenvalue weighted by Gasteiger charge is -2.36. The third-order valence-electron chi connectivity index (χ3n) is 6.55. The molecule has 2 atom stereocenters. The van der Waals surface area contributed by atoms with E-state index in [2.05, 4.69) is 44.6 Å². The number of aromatic nitrogens is 3. The molecular weight excluding hydrogens is 527 g/mol. The maximum atomic E-state index is 13.0. The first kappa shape index (κ1) is 26.1. The molecule has 0 unspecified atom stereocenters. The number of nitrogens with one attached hydrogen (secondary N) is 3. The molecule has 0 saturated carbocycles. The van der Waals surface area contributed by atoms with E-state index in [0.29, 0.717) is 56.1 Å². The third-order valence-corrected chi connectivity index (χ3v) is 7.30. The van der Waals surface area contributed by atoms with Crippen LogP contribution in [0.1, 0.15) is 24.2 Å². The van der Waals surface area contributed by atoms with Crippen molar-refractivity contribution in [1.29, 1.82) is 0 Å². The molecule has 2 aromatic carbocycles. The van der Waals surface area contributed by atoms with Crippen LogP contribution in [0.25, 0.3) is 22.0 Å². The highest BCUT2D eigenvalue weighted by Gasteiger charge is 2.23. The van der Waals surface area contributed by atoms with Gasteiger partial charge in [0.15, 0.2) is 5.82 Å². The van der Waals surface area contributed by atoms with Gasteiger partial charge >= 0.3 is 0 Å². The van der Waals surface area contributed by atoms with Crippen LogP contribution in [-0.4, -0.2) is 60.5 Å². The van der Waals surface area contributed by atoms with Crippen molar-refractivity contribution in [2.24, 2.45) is 0 Å². The fourth-order valence-corrected chi connectivity index (χ4v) is 5.53. The summed E-state index contributed by atoms with van der Waals surface area (Å²) in [6.45, 7) is 6.03. The Morgan fingerprint density at radius 2 is 1.71 bits per heavy atom. The van der Waals surface area contributed by atoms with Gasteiger partial charge in [0.1, 0.15) is 17.3 Å². The Morgan fingerprint density at radius 1 is 1.03 bits per heavy atom. The summed E-state index contributed by atoms with van der Waals surface area (Å²) in [6, 6.07) is 11.6. The second kappa shape index (κ2) is 10.7. The van der Waals surface area contributed by atoms with E-state index in [1.807, 2.05) is 24.3 Å². The van der Waals surface area contributed by atoms with Gasteiger partial charge in [-0.2, -0.15) is 5.10 Å². The molecule has 3 heterocycles. The van der Waals surface area contributed by atoms with Crippen LogP contribution in [0.15, 0.2) is 42.6 Å². The molecule has 11 heteroatoms. The maximum Gasteiger partial charge on any atom is 0.258 e. The smallest absolute Gasteiger partial charge is 0.258 e. The molecule has 9 nitrogen and oxygen atoms in total. The van der Waals surface area contributed by atoms with E-state index in [0.717, 1.165) is 29.9 Å². The molecule has 0 bridgehead atoms. The molecule has 1 saturated heterocycles. The molecule has 1 aliphatic heterocycles. The molecule has 3 N–H and O–H groups in total. The lowest BCUT2D eigenvalue weighted by Crippen LogP contribution is -2.54. The second-order valence-electron chi connectivity index (χ2n) is 9.35. The molecule has 1 aliphatic rings. The van der Waals surface area contributed by atoms with Gasteiger partial charge in [0.2, 0.25) is 0 Å². The number of benzene rings is 2. The molecule has 0 spiro atoms. The van der Waals surface area contributed by atoms with Gasteiger partial charge in [-0.1, -0.05) is 29.3 Å². The van der Waals surface area contributed by atoms with Gasteiger partial charge < -0.3 is 25.0 Å². The number of halogens is 2. The average molecular weight is 555 g/mol.